The maximum Gasteiger partial charge on any atom is 0.151 e. The molecule has 2 N–H and O–H groups in total. The summed E-state index contributed by atoms with van der Waals surface area (Å²) < 4.78 is 0. The molecule has 1 atom stereocenters. The van der Waals surface area contributed by atoms with Crippen LogP contribution >= 0.6 is 0 Å². The quantitative estimate of drug-likeness (QED) is 0.883. The predicted octanol–water partition coefficient (Wildman–Crippen LogP) is 1.85. The predicted molar refractivity (Wildman–Crippen MR) is 74.6 cm³/mol. The maximum absolute atomic E-state index is 5.76. The molecule has 0 bridgehead atoms. The molecule has 1 aliphatic heterocycles. The fraction of sp³-hybridized carbons (Fsp3) is 0.714. The molecule has 0 aromatic carbocycles. The lowest BCUT2D eigenvalue weighted by Crippen LogP contribution is -2.38. The number of hydrogen-bond donors (Lipinski definition) is 1. The van der Waals surface area contributed by atoms with Crippen molar-refractivity contribution in [2.45, 2.75) is 33.1 Å². The van der Waals surface area contributed by atoms with Crippen LogP contribution in [0.4, 0.5) is 5.82 Å². The number of piperidine rings is 1. The summed E-state index contributed by atoms with van der Waals surface area (Å²) in [6.45, 7) is 7.27. The largest absolute Gasteiger partial charge is 0.355 e. The Balaban J connectivity index is 2.00. The standard InChI is InChI=1S/C14H24N4/c1-11(2)8-13-5-6-14(17-16-13)18-7-3-4-12(9-15)10-18/h5-6,11-12H,3-4,7-10,15H2,1-2H3. The molecule has 0 spiro atoms. The molecule has 1 aliphatic rings. The van der Waals surface area contributed by atoms with E-state index in [1.54, 1.807) is 0 Å². The van der Waals surface area contributed by atoms with Crippen molar-refractivity contribution < 1.29 is 0 Å². The number of hydrogen-bond acceptors (Lipinski definition) is 4. The molecule has 1 saturated heterocycles. The molecule has 0 amide bonds. The first kappa shape index (κ1) is 13.3. The van der Waals surface area contributed by atoms with Gasteiger partial charge in [-0.1, -0.05) is 13.8 Å². The van der Waals surface area contributed by atoms with Crippen LogP contribution in [0.15, 0.2) is 12.1 Å². The number of nitrogens with two attached hydrogens (primary N) is 1. The van der Waals surface area contributed by atoms with Gasteiger partial charge in [0.25, 0.3) is 0 Å². The van der Waals surface area contributed by atoms with Crippen LogP contribution in [0.3, 0.4) is 0 Å². The Kier molecular flexibility index (Phi) is 4.53. The van der Waals surface area contributed by atoms with Gasteiger partial charge in [0.2, 0.25) is 0 Å². The molecule has 18 heavy (non-hydrogen) atoms. The minimum atomic E-state index is 0.607. The summed E-state index contributed by atoms with van der Waals surface area (Å²) in [5.74, 6) is 2.23. The van der Waals surface area contributed by atoms with Crippen LogP contribution in [-0.4, -0.2) is 29.8 Å². The summed E-state index contributed by atoms with van der Waals surface area (Å²) in [4.78, 5) is 2.31. The Bertz CT molecular complexity index is 361. The van der Waals surface area contributed by atoms with Crippen molar-refractivity contribution in [3.05, 3.63) is 17.8 Å². The average Bonchev–Trinajstić information content (AvgIpc) is 2.39. The van der Waals surface area contributed by atoms with Crippen LogP contribution in [0.1, 0.15) is 32.4 Å². The molecule has 1 unspecified atom stereocenters. The Hall–Kier alpha value is -1.16. The van der Waals surface area contributed by atoms with Crippen molar-refractivity contribution in [1.29, 1.82) is 0 Å². The Morgan fingerprint density at radius 2 is 2.22 bits per heavy atom. The van der Waals surface area contributed by atoms with Crippen molar-refractivity contribution in [1.82, 2.24) is 10.2 Å². The van der Waals surface area contributed by atoms with E-state index in [4.69, 9.17) is 5.73 Å². The fourth-order valence-electron chi connectivity index (χ4n) is 2.51. The fourth-order valence-corrected chi connectivity index (χ4v) is 2.51. The molecule has 1 aromatic rings. The van der Waals surface area contributed by atoms with Crippen LogP contribution in [0.25, 0.3) is 0 Å². The molecule has 4 nitrogen and oxygen atoms in total. The van der Waals surface area contributed by atoms with Gasteiger partial charge in [-0.3, -0.25) is 0 Å². The molecule has 2 heterocycles. The maximum atomic E-state index is 5.76. The van der Waals surface area contributed by atoms with E-state index in [9.17, 15) is 0 Å². The molecule has 4 heteroatoms. The van der Waals surface area contributed by atoms with Gasteiger partial charge in [0.05, 0.1) is 5.69 Å². The second kappa shape index (κ2) is 6.14. The van der Waals surface area contributed by atoms with E-state index in [1.165, 1.54) is 12.8 Å². The first-order valence-electron chi connectivity index (χ1n) is 6.96. The second-order valence-electron chi connectivity index (χ2n) is 5.67. The summed E-state index contributed by atoms with van der Waals surface area (Å²) in [6, 6.07) is 4.21. The zero-order chi connectivity index (χ0) is 13.0. The van der Waals surface area contributed by atoms with E-state index < -0.39 is 0 Å². The van der Waals surface area contributed by atoms with Gasteiger partial charge in [-0.25, -0.2) is 0 Å². The molecule has 100 valence electrons. The van der Waals surface area contributed by atoms with E-state index >= 15 is 0 Å². The Morgan fingerprint density at radius 3 is 2.83 bits per heavy atom. The SMILES string of the molecule is CC(C)Cc1ccc(N2CCCC(CN)C2)nn1. The van der Waals surface area contributed by atoms with E-state index in [0.29, 0.717) is 11.8 Å². The van der Waals surface area contributed by atoms with E-state index in [1.807, 2.05) is 0 Å². The topological polar surface area (TPSA) is 55.0 Å². The summed E-state index contributed by atoms with van der Waals surface area (Å²) >= 11 is 0. The van der Waals surface area contributed by atoms with E-state index in [-0.39, 0.29) is 0 Å². The minimum Gasteiger partial charge on any atom is -0.355 e. The molecular formula is C14H24N4. The highest BCUT2D eigenvalue weighted by Gasteiger charge is 2.19. The third-order valence-corrected chi connectivity index (χ3v) is 3.50. The van der Waals surface area contributed by atoms with Crippen LogP contribution in [-0.2, 0) is 6.42 Å². The van der Waals surface area contributed by atoms with E-state index in [2.05, 4.69) is 41.1 Å². The third-order valence-electron chi connectivity index (χ3n) is 3.50. The van der Waals surface area contributed by atoms with E-state index in [0.717, 1.165) is 37.6 Å². The monoisotopic (exact) mass is 248 g/mol. The van der Waals surface area contributed by atoms with Gasteiger partial charge in [-0.2, -0.15) is 5.10 Å². The zero-order valence-electron chi connectivity index (χ0n) is 11.5. The third kappa shape index (κ3) is 3.42. The lowest BCUT2D eigenvalue weighted by atomic mass is 9.98. The summed E-state index contributed by atoms with van der Waals surface area (Å²) in [5, 5.41) is 8.68. The molecule has 1 fully saturated rings. The average molecular weight is 248 g/mol. The van der Waals surface area contributed by atoms with Crippen LogP contribution in [0, 0.1) is 11.8 Å². The zero-order valence-corrected chi connectivity index (χ0v) is 11.5. The molecular weight excluding hydrogens is 224 g/mol. The van der Waals surface area contributed by atoms with Crippen LogP contribution in [0.2, 0.25) is 0 Å². The minimum absolute atomic E-state index is 0.607. The smallest absolute Gasteiger partial charge is 0.151 e. The normalized spacial score (nSPS) is 20.4. The summed E-state index contributed by atoms with van der Waals surface area (Å²) in [7, 11) is 0. The number of anilines is 1. The Labute approximate surface area is 110 Å². The van der Waals surface area contributed by atoms with Crippen LogP contribution < -0.4 is 10.6 Å². The van der Waals surface area contributed by atoms with Crippen molar-refractivity contribution >= 4 is 5.82 Å². The molecule has 0 radical (unpaired) electrons. The van der Waals surface area contributed by atoms with Crippen molar-refractivity contribution in [2.75, 3.05) is 24.5 Å². The summed E-state index contributed by atoms with van der Waals surface area (Å²) in [5.41, 5.74) is 6.84. The van der Waals surface area contributed by atoms with Gasteiger partial charge in [0.15, 0.2) is 5.82 Å². The van der Waals surface area contributed by atoms with Crippen LogP contribution in [0.5, 0.6) is 0 Å². The number of rotatable bonds is 4. The highest BCUT2D eigenvalue weighted by molar-refractivity contribution is 5.37. The molecule has 0 aliphatic carbocycles. The molecule has 2 rings (SSSR count). The lowest BCUT2D eigenvalue weighted by molar-refractivity contribution is 0.421. The van der Waals surface area contributed by atoms with Gasteiger partial charge < -0.3 is 10.6 Å². The lowest BCUT2D eigenvalue weighted by Gasteiger charge is -2.32. The second-order valence-corrected chi connectivity index (χ2v) is 5.67. The van der Waals surface area contributed by atoms with Gasteiger partial charge in [-0.05, 0) is 49.8 Å². The first-order chi connectivity index (χ1) is 8.69. The van der Waals surface area contributed by atoms with Gasteiger partial charge in [0, 0.05) is 13.1 Å². The van der Waals surface area contributed by atoms with Gasteiger partial charge >= 0.3 is 0 Å². The first-order valence-corrected chi connectivity index (χ1v) is 6.96. The number of aromatic nitrogens is 2. The molecule has 0 saturated carbocycles. The van der Waals surface area contributed by atoms with Crippen molar-refractivity contribution in [3.63, 3.8) is 0 Å². The van der Waals surface area contributed by atoms with Gasteiger partial charge in [0.1, 0.15) is 0 Å². The molecule has 1 aromatic heterocycles. The highest BCUT2D eigenvalue weighted by atomic mass is 15.3. The Morgan fingerprint density at radius 1 is 1.39 bits per heavy atom. The van der Waals surface area contributed by atoms with Crippen molar-refractivity contribution in [2.24, 2.45) is 17.6 Å². The van der Waals surface area contributed by atoms with Crippen molar-refractivity contribution in [3.8, 4) is 0 Å². The van der Waals surface area contributed by atoms with Gasteiger partial charge in [-0.15, -0.1) is 5.10 Å². The number of nitrogens with zero attached hydrogens (tertiary/aromatic N) is 3. The highest BCUT2D eigenvalue weighted by Crippen LogP contribution is 2.20. The summed E-state index contributed by atoms with van der Waals surface area (Å²) in [6.07, 6.45) is 3.45.